The lowest BCUT2D eigenvalue weighted by atomic mass is 10.1. The van der Waals surface area contributed by atoms with Crippen LogP contribution in [0.15, 0.2) is 24.3 Å². The third-order valence-electron chi connectivity index (χ3n) is 2.91. The van der Waals surface area contributed by atoms with Crippen molar-refractivity contribution >= 4 is 28.4 Å². The van der Waals surface area contributed by atoms with Gasteiger partial charge in [0.25, 0.3) is 0 Å². The normalized spacial score (nSPS) is 13.6. The van der Waals surface area contributed by atoms with Crippen LogP contribution in [0.25, 0.3) is 11.3 Å². The number of rotatable bonds is 1. The molecule has 1 aliphatic rings. The summed E-state index contributed by atoms with van der Waals surface area (Å²) in [6.45, 7) is 1.03. The first kappa shape index (κ1) is 10.1. The van der Waals surface area contributed by atoms with Crippen molar-refractivity contribution in [2.75, 3.05) is 11.9 Å². The van der Waals surface area contributed by atoms with Gasteiger partial charge in [-0.15, -0.1) is 0 Å². The molecular weight excluding hydrogens is 313 g/mol. The van der Waals surface area contributed by atoms with Gasteiger partial charge in [0.15, 0.2) is 0 Å². The molecule has 0 bridgehead atoms. The molecule has 0 radical (unpaired) electrons. The largest absolute Gasteiger partial charge is 0.370 e. The van der Waals surface area contributed by atoms with Crippen molar-refractivity contribution in [1.82, 2.24) is 9.78 Å². The first-order valence-corrected chi connectivity index (χ1v) is 6.39. The van der Waals surface area contributed by atoms with Gasteiger partial charge in [0.1, 0.15) is 5.82 Å². The second-order valence-electron chi connectivity index (χ2n) is 3.99. The van der Waals surface area contributed by atoms with Gasteiger partial charge >= 0.3 is 0 Å². The summed E-state index contributed by atoms with van der Waals surface area (Å²) in [5.74, 6) is 1.17. The van der Waals surface area contributed by atoms with Gasteiger partial charge < -0.3 is 5.32 Å². The van der Waals surface area contributed by atoms with Crippen molar-refractivity contribution in [3.8, 4) is 11.3 Å². The van der Waals surface area contributed by atoms with E-state index in [1.54, 1.807) is 0 Å². The van der Waals surface area contributed by atoms with Crippen molar-refractivity contribution in [1.29, 1.82) is 0 Å². The van der Waals surface area contributed by atoms with E-state index in [2.05, 4.69) is 57.3 Å². The fraction of sp³-hybridized carbons (Fsp3) is 0.250. The minimum absolute atomic E-state index is 1.03. The van der Waals surface area contributed by atoms with E-state index in [1.807, 2.05) is 11.7 Å². The first-order valence-electron chi connectivity index (χ1n) is 5.31. The van der Waals surface area contributed by atoms with Crippen LogP contribution in [0.4, 0.5) is 5.82 Å². The second-order valence-corrected chi connectivity index (χ2v) is 5.23. The highest BCUT2D eigenvalue weighted by molar-refractivity contribution is 14.1. The Kier molecular flexibility index (Phi) is 2.38. The zero-order valence-corrected chi connectivity index (χ0v) is 11.2. The van der Waals surface area contributed by atoms with Crippen LogP contribution in [0.2, 0.25) is 0 Å². The third kappa shape index (κ3) is 1.52. The van der Waals surface area contributed by atoms with E-state index in [0.29, 0.717) is 0 Å². The molecule has 1 N–H and O–H groups in total. The van der Waals surface area contributed by atoms with Gasteiger partial charge in [-0.1, -0.05) is 12.1 Å². The minimum atomic E-state index is 1.03. The average Bonchev–Trinajstić information content (AvgIpc) is 2.83. The highest BCUT2D eigenvalue weighted by Gasteiger charge is 2.21. The SMILES string of the molecule is Cn1nc(-c2cccc(I)c2)c2c1NCC2. The maximum absolute atomic E-state index is 4.59. The van der Waals surface area contributed by atoms with Gasteiger partial charge in [-0.3, -0.25) is 4.68 Å². The van der Waals surface area contributed by atoms with E-state index in [1.165, 1.54) is 20.5 Å². The molecule has 0 saturated heterocycles. The second kappa shape index (κ2) is 3.76. The Hall–Kier alpha value is -1.04. The molecule has 82 valence electrons. The van der Waals surface area contributed by atoms with Crippen LogP contribution in [0, 0.1) is 3.57 Å². The van der Waals surface area contributed by atoms with Crippen LogP contribution in [-0.2, 0) is 13.5 Å². The lowest BCUT2D eigenvalue weighted by Gasteiger charge is -2.00. The molecule has 0 atom stereocenters. The predicted molar refractivity (Wildman–Crippen MR) is 73.6 cm³/mol. The number of hydrogen-bond acceptors (Lipinski definition) is 2. The Morgan fingerprint density at radius 1 is 1.44 bits per heavy atom. The van der Waals surface area contributed by atoms with Crippen LogP contribution >= 0.6 is 22.6 Å². The van der Waals surface area contributed by atoms with Gasteiger partial charge in [-0.25, -0.2) is 0 Å². The van der Waals surface area contributed by atoms with E-state index >= 15 is 0 Å². The summed E-state index contributed by atoms with van der Waals surface area (Å²) in [7, 11) is 1.99. The van der Waals surface area contributed by atoms with Gasteiger partial charge in [0.2, 0.25) is 0 Å². The monoisotopic (exact) mass is 325 g/mol. The zero-order valence-electron chi connectivity index (χ0n) is 9.00. The molecule has 2 heterocycles. The number of fused-ring (bicyclic) bond motifs is 1. The lowest BCUT2D eigenvalue weighted by molar-refractivity contribution is 0.775. The van der Waals surface area contributed by atoms with Crippen molar-refractivity contribution in [3.63, 3.8) is 0 Å². The molecule has 2 aromatic rings. The van der Waals surface area contributed by atoms with Crippen molar-refractivity contribution in [3.05, 3.63) is 33.4 Å². The summed E-state index contributed by atoms with van der Waals surface area (Å²) in [5, 5.41) is 7.97. The Bertz CT molecular complexity index is 545. The van der Waals surface area contributed by atoms with Gasteiger partial charge in [0, 0.05) is 28.3 Å². The molecule has 1 aromatic heterocycles. The maximum Gasteiger partial charge on any atom is 0.127 e. The molecule has 0 aliphatic carbocycles. The Balaban J connectivity index is 2.17. The van der Waals surface area contributed by atoms with Crippen LogP contribution in [0.5, 0.6) is 0 Å². The van der Waals surface area contributed by atoms with Gasteiger partial charge in [0.05, 0.1) is 5.69 Å². The number of anilines is 1. The van der Waals surface area contributed by atoms with E-state index in [9.17, 15) is 0 Å². The topological polar surface area (TPSA) is 29.9 Å². The molecule has 0 unspecified atom stereocenters. The van der Waals surface area contributed by atoms with E-state index in [-0.39, 0.29) is 0 Å². The van der Waals surface area contributed by atoms with Crippen molar-refractivity contribution < 1.29 is 0 Å². The van der Waals surface area contributed by atoms with Crippen LogP contribution in [-0.4, -0.2) is 16.3 Å². The Morgan fingerprint density at radius 2 is 2.31 bits per heavy atom. The molecule has 0 saturated carbocycles. The molecule has 1 aromatic carbocycles. The maximum atomic E-state index is 4.59. The first-order chi connectivity index (χ1) is 7.75. The molecule has 0 amide bonds. The van der Waals surface area contributed by atoms with E-state index in [4.69, 9.17) is 0 Å². The molecule has 16 heavy (non-hydrogen) atoms. The molecule has 3 nitrogen and oxygen atoms in total. The number of aryl methyl sites for hydroxylation is 1. The smallest absolute Gasteiger partial charge is 0.127 e. The van der Waals surface area contributed by atoms with Gasteiger partial charge in [-0.2, -0.15) is 5.10 Å². The fourth-order valence-electron chi connectivity index (χ4n) is 2.20. The lowest BCUT2D eigenvalue weighted by Crippen LogP contribution is -2.01. The van der Waals surface area contributed by atoms with Crippen molar-refractivity contribution in [2.24, 2.45) is 7.05 Å². The predicted octanol–water partition coefficient (Wildman–Crippen LogP) is 2.66. The number of hydrogen-bond donors (Lipinski definition) is 1. The Labute approximate surface area is 108 Å². The summed E-state index contributed by atoms with van der Waals surface area (Å²) >= 11 is 2.34. The quantitative estimate of drug-likeness (QED) is 0.817. The summed E-state index contributed by atoms with van der Waals surface area (Å²) in [6, 6.07) is 8.50. The van der Waals surface area contributed by atoms with Gasteiger partial charge in [-0.05, 0) is 41.1 Å². The number of aromatic nitrogens is 2. The minimum Gasteiger partial charge on any atom is -0.370 e. The molecule has 4 heteroatoms. The molecule has 0 fully saturated rings. The van der Waals surface area contributed by atoms with Crippen LogP contribution in [0.1, 0.15) is 5.56 Å². The average molecular weight is 325 g/mol. The Morgan fingerprint density at radius 3 is 3.12 bits per heavy atom. The summed E-state index contributed by atoms with van der Waals surface area (Å²) in [4.78, 5) is 0. The van der Waals surface area contributed by atoms with Crippen LogP contribution < -0.4 is 5.32 Å². The summed E-state index contributed by atoms with van der Waals surface area (Å²) < 4.78 is 3.19. The van der Waals surface area contributed by atoms with Crippen molar-refractivity contribution in [2.45, 2.75) is 6.42 Å². The zero-order chi connectivity index (χ0) is 11.1. The summed E-state index contributed by atoms with van der Waals surface area (Å²) in [5.41, 5.74) is 3.69. The third-order valence-corrected chi connectivity index (χ3v) is 3.58. The fourth-order valence-corrected chi connectivity index (χ4v) is 2.74. The van der Waals surface area contributed by atoms with Crippen LogP contribution in [0.3, 0.4) is 0 Å². The molecule has 0 spiro atoms. The molecule has 3 rings (SSSR count). The molecular formula is C12H12IN3. The molecule has 1 aliphatic heterocycles. The highest BCUT2D eigenvalue weighted by Crippen LogP contribution is 2.32. The number of benzene rings is 1. The van der Waals surface area contributed by atoms with E-state index in [0.717, 1.165) is 18.7 Å². The number of nitrogens with zero attached hydrogens (tertiary/aromatic N) is 2. The standard InChI is InChI=1S/C12H12IN3/c1-16-12-10(5-6-14-12)11(15-16)8-3-2-4-9(13)7-8/h2-4,7,14H,5-6H2,1H3. The summed E-state index contributed by atoms with van der Waals surface area (Å²) in [6.07, 6.45) is 1.07. The highest BCUT2D eigenvalue weighted by atomic mass is 127. The number of halogens is 1. The van der Waals surface area contributed by atoms with E-state index < -0.39 is 0 Å². The number of nitrogens with one attached hydrogen (secondary N) is 1.